The number of rotatable bonds is 6. The van der Waals surface area contributed by atoms with Gasteiger partial charge in [-0.1, -0.05) is 11.2 Å². The molecule has 0 fully saturated rings. The van der Waals surface area contributed by atoms with E-state index in [2.05, 4.69) is 15.3 Å². The quantitative estimate of drug-likeness (QED) is 0.277. The molecule has 0 bridgehead atoms. The number of nitrogens with two attached hydrogens (primary N) is 1. The molecule has 10 heteroatoms. The second kappa shape index (κ2) is 6.91. The monoisotopic (exact) mass is 305 g/mol. The van der Waals surface area contributed by atoms with E-state index in [-0.39, 0.29) is 13.1 Å². The van der Waals surface area contributed by atoms with Crippen LogP contribution < -0.4 is 11.1 Å². The second-order valence-corrected chi connectivity index (χ2v) is 3.97. The molecule has 0 radical (unpaired) electrons. The van der Waals surface area contributed by atoms with Gasteiger partial charge in [0.1, 0.15) is 11.9 Å². The Balaban J connectivity index is 3.13. The van der Waals surface area contributed by atoms with Crippen molar-refractivity contribution in [1.82, 2.24) is 5.32 Å². The van der Waals surface area contributed by atoms with Crippen LogP contribution in [0.2, 0.25) is 0 Å². The van der Waals surface area contributed by atoms with Crippen LogP contribution in [0.1, 0.15) is 17.2 Å². The molecule has 1 unspecified atom stereocenters. The maximum absolute atomic E-state index is 13.0. The number of benzene rings is 1. The maximum Gasteiger partial charge on any atom is 0.416 e. The summed E-state index contributed by atoms with van der Waals surface area (Å²) in [5, 5.41) is 5.61. The Morgan fingerprint density at radius 3 is 2.67 bits per heavy atom. The van der Waals surface area contributed by atoms with Gasteiger partial charge in [0, 0.05) is 18.0 Å². The fraction of sp³-hybridized carbons (Fsp3) is 0.364. The van der Waals surface area contributed by atoms with E-state index in [4.69, 9.17) is 11.3 Å². The zero-order chi connectivity index (χ0) is 16.0. The summed E-state index contributed by atoms with van der Waals surface area (Å²) in [6.07, 6.45) is -4.84. The number of carbonyl (C=O) groups is 1. The van der Waals surface area contributed by atoms with Crippen LogP contribution in [0.25, 0.3) is 10.4 Å². The van der Waals surface area contributed by atoms with Gasteiger partial charge >= 0.3 is 6.18 Å². The molecule has 0 aliphatic rings. The number of primary amides is 1. The summed E-state index contributed by atoms with van der Waals surface area (Å²) in [5.41, 5.74) is 11.4. The summed E-state index contributed by atoms with van der Waals surface area (Å²) in [5.74, 6) is -2.14. The first-order valence-electron chi connectivity index (χ1n) is 5.67. The summed E-state index contributed by atoms with van der Waals surface area (Å²) < 4.78 is 51.6. The number of alkyl halides is 3. The van der Waals surface area contributed by atoms with Gasteiger partial charge in [0.15, 0.2) is 0 Å². The summed E-state index contributed by atoms with van der Waals surface area (Å²) in [6.45, 7) is -0.144. The molecule has 21 heavy (non-hydrogen) atoms. The average Bonchev–Trinajstić information content (AvgIpc) is 2.38. The van der Waals surface area contributed by atoms with E-state index in [1.54, 1.807) is 0 Å². The van der Waals surface area contributed by atoms with Crippen LogP contribution in [-0.2, 0) is 11.0 Å². The highest BCUT2D eigenvalue weighted by atomic mass is 19.4. The Kier molecular flexibility index (Phi) is 5.51. The Hall–Kier alpha value is -2.32. The van der Waals surface area contributed by atoms with Crippen LogP contribution in [0.5, 0.6) is 0 Å². The minimum absolute atomic E-state index is 0.0632. The Morgan fingerprint density at radius 2 is 2.14 bits per heavy atom. The fourth-order valence-corrected chi connectivity index (χ4v) is 1.69. The molecule has 0 heterocycles. The zero-order valence-corrected chi connectivity index (χ0v) is 10.6. The van der Waals surface area contributed by atoms with Gasteiger partial charge in [0.05, 0.1) is 5.56 Å². The van der Waals surface area contributed by atoms with Crippen molar-refractivity contribution in [2.24, 2.45) is 10.8 Å². The topological polar surface area (TPSA) is 104 Å². The molecular weight excluding hydrogens is 294 g/mol. The lowest BCUT2D eigenvalue weighted by Gasteiger charge is -2.20. The van der Waals surface area contributed by atoms with Crippen molar-refractivity contribution in [1.29, 1.82) is 0 Å². The van der Waals surface area contributed by atoms with E-state index in [9.17, 15) is 22.4 Å². The van der Waals surface area contributed by atoms with E-state index < -0.39 is 35.1 Å². The normalized spacial score (nSPS) is 12.6. The molecule has 1 rings (SSSR count). The first-order valence-corrected chi connectivity index (χ1v) is 5.67. The third kappa shape index (κ3) is 4.62. The highest BCUT2D eigenvalue weighted by molar-refractivity contribution is 5.82. The molecule has 1 atom stereocenters. The molecule has 0 saturated carbocycles. The number of nitrogens with zero attached hydrogens (tertiary/aromatic N) is 3. The van der Waals surface area contributed by atoms with E-state index in [1.807, 2.05) is 0 Å². The van der Waals surface area contributed by atoms with Gasteiger partial charge in [-0.15, -0.1) is 0 Å². The highest BCUT2D eigenvalue weighted by Crippen LogP contribution is 2.35. The predicted molar refractivity (Wildman–Crippen MR) is 65.4 cm³/mol. The molecule has 0 aliphatic carbocycles. The van der Waals surface area contributed by atoms with Gasteiger partial charge in [-0.3, -0.25) is 4.79 Å². The van der Waals surface area contributed by atoms with Crippen LogP contribution in [0.3, 0.4) is 0 Å². The minimum Gasteiger partial charge on any atom is -0.368 e. The van der Waals surface area contributed by atoms with Crippen LogP contribution in [0, 0.1) is 5.82 Å². The molecule has 6 nitrogen and oxygen atoms in total. The minimum atomic E-state index is -4.84. The Morgan fingerprint density at radius 1 is 1.48 bits per heavy atom. The third-order valence-corrected chi connectivity index (χ3v) is 2.54. The van der Waals surface area contributed by atoms with E-state index in [0.29, 0.717) is 6.07 Å². The summed E-state index contributed by atoms with van der Waals surface area (Å²) in [4.78, 5) is 13.8. The smallest absolute Gasteiger partial charge is 0.368 e. The summed E-state index contributed by atoms with van der Waals surface area (Å²) >= 11 is 0. The molecule has 0 saturated heterocycles. The zero-order valence-electron chi connectivity index (χ0n) is 10.6. The lowest BCUT2D eigenvalue weighted by Crippen LogP contribution is -2.36. The molecule has 1 aromatic rings. The molecule has 114 valence electrons. The van der Waals surface area contributed by atoms with Crippen LogP contribution >= 0.6 is 0 Å². The van der Waals surface area contributed by atoms with Crippen LogP contribution in [0.4, 0.5) is 17.6 Å². The molecule has 1 amide bonds. The molecule has 1 aromatic carbocycles. The van der Waals surface area contributed by atoms with Crippen molar-refractivity contribution in [2.45, 2.75) is 12.2 Å². The van der Waals surface area contributed by atoms with Gasteiger partial charge in [-0.05, 0) is 23.2 Å². The van der Waals surface area contributed by atoms with Crippen molar-refractivity contribution in [3.63, 3.8) is 0 Å². The van der Waals surface area contributed by atoms with E-state index in [1.165, 1.54) is 0 Å². The van der Waals surface area contributed by atoms with Crippen molar-refractivity contribution < 1.29 is 22.4 Å². The first-order chi connectivity index (χ1) is 9.77. The van der Waals surface area contributed by atoms with E-state index in [0.717, 1.165) is 12.1 Å². The van der Waals surface area contributed by atoms with Gasteiger partial charge in [0.25, 0.3) is 0 Å². The van der Waals surface area contributed by atoms with Gasteiger partial charge in [0.2, 0.25) is 5.91 Å². The lowest BCUT2D eigenvalue weighted by atomic mass is 9.99. The number of carbonyl (C=O) groups excluding carboxylic acids is 1. The number of azide groups is 1. The van der Waals surface area contributed by atoms with Crippen molar-refractivity contribution in [3.05, 3.63) is 45.6 Å². The Labute approximate surface area is 116 Å². The van der Waals surface area contributed by atoms with Gasteiger partial charge < -0.3 is 11.1 Å². The predicted octanol–water partition coefficient (Wildman–Crippen LogP) is 2.27. The number of amides is 1. The highest BCUT2D eigenvalue weighted by Gasteiger charge is 2.36. The summed E-state index contributed by atoms with van der Waals surface area (Å²) in [6, 6.07) is 0.459. The third-order valence-electron chi connectivity index (χ3n) is 2.54. The van der Waals surface area contributed by atoms with Gasteiger partial charge in [-0.2, -0.15) is 13.2 Å². The van der Waals surface area contributed by atoms with Crippen molar-refractivity contribution in [3.8, 4) is 0 Å². The van der Waals surface area contributed by atoms with E-state index >= 15 is 0 Å². The van der Waals surface area contributed by atoms with Crippen LogP contribution in [-0.4, -0.2) is 19.0 Å². The molecule has 0 aliphatic heterocycles. The maximum atomic E-state index is 13.0. The van der Waals surface area contributed by atoms with Crippen molar-refractivity contribution in [2.75, 3.05) is 13.1 Å². The van der Waals surface area contributed by atoms with Crippen LogP contribution in [0.15, 0.2) is 23.3 Å². The largest absolute Gasteiger partial charge is 0.416 e. The molecule has 0 aromatic heterocycles. The average molecular weight is 305 g/mol. The number of hydrogen-bond acceptors (Lipinski definition) is 3. The lowest BCUT2D eigenvalue weighted by molar-refractivity contribution is -0.138. The molecule has 3 N–H and O–H groups in total. The standard InChI is InChI=1S/C11H11F4N5O/c12-6-1-2-7(8(5-6)11(13,14)15)9(10(16)21)18-3-4-19-20-17/h1-2,5,9,18H,3-4H2,(H2,16,21). The fourth-order valence-electron chi connectivity index (χ4n) is 1.69. The molecular formula is C11H11F4N5O. The SMILES string of the molecule is [N-]=[N+]=NCCNC(C(N)=O)c1ccc(F)cc1C(F)(F)F. The second-order valence-electron chi connectivity index (χ2n) is 3.97. The summed E-state index contributed by atoms with van der Waals surface area (Å²) in [7, 11) is 0. The molecule has 0 spiro atoms. The first kappa shape index (κ1) is 16.7. The number of halogens is 4. The van der Waals surface area contributed by atoms with Gasteiger partial charge in [-0.25, -0.2) is 4.39 Å². The van der Waals surface area contributed by atoms with Crippen molar-refractivity contribution >= 4 is 5.91 Å². The Bertz CT molecular complexity index is 568. The number of hydrogen-bond donors (Lipinski definition) is 2. The number of nitrogens with one attached hydrogen (secondary N) is 1.